The molecule has 1 atom stereocenters. The quantitative estimate of drug-likeness (QED) is 0.853. The number of pyridine rings is 1. The Morgan fingerprint density at radius 2 is 2.04 bits per heavy atom. The number of hydrogen-bond donors (Lipinski definition) is 2. The van der Waals surface area contributed by atoms with E-state index in [9.17, 15) is 9.90 Å². The van der Waals surface area contributed by atoms with E-state index < -0.39 is 0 Å². The zero-order valence-electron chi connectivity index (χ0n) is 16.0. The number of aromatic nitrogens is 1. The van der Waals surface area contributed by atoms with Crippen molar-refractivity contribution in [3.63, 3.8) is 0 Å². The predicted molar refractivity (Wildman–Crippen MR) is 106 cm³/mol. The van der Waals surface area contributed by atoms with E-state index in [2.05, 4.69) is 34.3 Å². The fourth-order valence-corrected chi connectivity index (χ4v) is 4.42. The predicted octanol–water partition coefficient (Wildman–Crippen LogP) is 2.89. The SMILES string of the molecule is CCN1CCC(C(=O)N[C@@H](c2cnc3ccccc3c2)C2CC(O)C2)CC1. The van der Waals surface area contributed by atoms with E-state index in [0.717, 1.165) is 61.8 Å². The number of para-hydroxylation sites is 1. The van der Waals surface area contributed by atoms with E-state index in [0.29, 0.717) is 0 Å². The van der Waals surface area contributed by atoms with Crippen LogP contribution in [0.5, 0.6) is 0 Å². The number of aliphatic hydroxyl groups is 1. The second-order valence-corrected chi connectivity index (χ2v) is 8.04. The molecule has 1 aromatic carbocycles. The van der Waals surface area contributed by atoms with Crippen LogP contribution in [0.3, 0.4) is 0 Å². The summed E-state index contributed by atoms with van der Waals surface area (Å²) in [7, 11) is 0. The van der Waals surface area contributed by atoms with Crippen molar-refractivity contribution in [3.05, 3.63) is 42.1 Å². The molecule has 1 aromatic heterocycles. The molecule has 2 fully saturated rings. The molecule has 144 valence electrons. The van der Waals surface area contributed by atoms with Crippen LogP contribution in [0.2, 0.25) is 0 Å². The van der Waals surface area contributed by atoms with Gasteiger partial charge < -0.3 is 15.3 Å². The molecule has 5 heteroatoms. The number of aliphatic hydroxyl groups excluding tert-OH is 1. The van der Waals surface area contributed by atoms with E-state index in [1.54, 1.807) is 0 Å². The number of piperidine rings is 1. The van der Waals surface area contributed by atoms with E-state index in [1.165, 1.54) is 0 Å². The lowest BCUT2D eigenvalue weighted by Gasteiger charge is -2.39. The number of likely N-dealkylation sites (tertiary alicyclic amines) is 1. The van der Waals surface area contributed by atoms with Crippen LogP contribution in [-0.2, 0) is 4.79 Å². The number of nitrogens with zero attached hydrogens (tertiary/aromatic N) is 2. The Morgan fingerprint density at radius 1 is 1.30 bits per heavy atom. The van der Waals surface area contributed by atoms with Crippen LogP contribution in [0.4, 0.5) is 0 Å². The van der Waals surface area contributed by atoms with Crippen molar-refractivity contribution in [2.45, 2.75) is 44.8 Å². The number of benzene rings is 1. The Balaban J connectivity index is 1.51. The molecule has 1 aliphatic heterocycles. The fourth-order valence-electron chi connectivity index (χ4n) is 4.42. The van der Waals surface area contributed by atoms with Crippen molar-refractivity contribution in [2.24, 2.45) is 11.8 Å². The molecule has 2 N–H and O–H groups in total. The Morgan fingerprint density at radius 3 is 2.74 bits per heavy atom. The monoisotopic (exact) mass is 367 g/mol. The van der Waals surface area contributed by atoms with Gasteiger partial charge in [0, 0.05) is 17.5 Å². The lowest BCUT2D eigenvalue weighted by atomic mass is 9.75. The average Bonchev–Trinajstić information content (AvgIpc) is 2.69. The van der Waals surface area contributed by atoms with E-state index >= 15 is 0 Å². The molecule has 2 aromatic rings. The van der Waals surface area contributed by atoms with Crippen molar-refractivity contribution >= 4 is 16.8 Å². The zero-order valence-corrected chi connectivity index (χ0v) is 16.0. The fraction of sp³-hybridized carbons (Fsp3) is 0.545. The van der Waals surface area contributed by atoms with Gasteiger partial charge in [-0.05, 0) is 68.9 Å². The summed E-state index contributed by atoms with van der Waals surface area (Å²) in [6.45, 7) is 5.22. The van der Waals surface area contributed by atoms with Gasteiger partial charge in [0.15, 0.2) is 0 Å². The maximum atomic E-state index is 13.0. The van der Waals surface area contributed by atoms with Gasteiger partial charge in [-0.2, -0.15) is 0 Å². The summed E-state index contributed by atoms with van der Waals surface area (Å²) in [6.07, 6.45) is 4.98. The van der Waals surface area contributed by atoms with Crippen molar-refractivity contribution < 1.29 is 9.90 Å². The first-order valence-electron chi connectivity index (χ1n) is 10.2. The first-order chi connectivity index (χ1) is 13.1. The molecule has 1 amide bonds. The number of hydrogen-bond acceptors (Lipinski definition) is 4. The molecular formula is C22H29N3O2. The van der Waals surface area contributed by atoms with Crippen LogP contribution in [0.1, 0.15) is 44.2 Å². The summed E-state index contributed by atoms with van der Waals surface area (Å²) in [5, 5.41) is 14.2. The van der Waals surface area contributed by atoms with Crippen LogP contribution >= 0.6 is 0 Å². The summed E-state index contributed by atoms with van der Waals surface area (Å²) in [4.78, 5) is 19.9. The average molecular weight is 367 g/mol. The minimum absolute atomic E-state index is 0.0674. The Kier molecular flexibility index (Phi) is 5.41. The van der Waals surface area contributed by atoms with E-state index in [1.807, 2.05) is 24.4 Å². The summed E-state index contributed by atoms with van der Waals surface area (Å²) >= 11 is 0. The zero-order chi connectivity index (χ0) is 18.8. The van der Waals surface area contributed by atoms with Gasteiger partial charge in [-0.25, -0.2) is 0 Å². The number of carbonyl (C=O) groups is 1. The topological polar surface area (TPSA) is 65.5 Å². The molecule has 2 heterocycles. The van der Waals surface area contributed by atoms with Crippen LogP contribution in [0, 0.1) is 11.8 Å². The smallest absolute Gasteiger partial charge is 0.223 e. The van der Waals surface area contributed by atoms with Crippen LogP contribution in [-0.4, -0.2) is 46.6 Å². The highest BCUT2D eigenvalue weighted by Gasteiger charge is 2.37. The van der Waals surface area contributed by atoms with E-state index in [-0.39, 0.29) is 29.9 Å². The largest absolute Gasteiger partial charge is 0.393 e. The van der Waals surface area contributed by atoms with Crippen molar-refractivity contribution in [1.29, 1.82) is 0 Å². The molecule has 27 heavy (non-hydrogen) atoms. The van der Waals surface area contributed by atoms with Crippen LogP contribution in [0.25, 0.3) is 10.9 Å². The van der Waals surface area contributed by atoms with Gasteiger partial charge >= 0.3 is 0 Å². The standard InChI is InChI=1S/C22H29N3O2/c1-2-25-9-7-15(8-10-25)22(27)24-21(17-12-19(26)13-17)18-11-16-5-3-4-6-20(16)23-14-18/h3-6,11,14-15,17,19,21,26H,2,7-10,12-13H2,1H3,(H,24,27)/t17?,19?,21-/m1/s1. The third kappa shape index (κ3) is 3.99. The van der Waals surface area contributed by atoms with Gasteiger partial charge in [-0.15, -0.1) is 0 Å². The first-order valence-corrected chi connectivity index (χ1v) is 10.2. The maximum absolute atomic E-state index is 13.0. The molecule has 0 radical (unpaired) electrons. The van der Waals surface area contributed by atoms with Crippen molar-refractivity contribution in [1.82, 2.24) is 15.2 Å². The summed E-state index contributed by atoms with van der Waals surface area (Å²) < 4.78 is 0. The Hall–Kier alpha value is -1.98. The second-order valence-electron chi connectivity index (χ2n) is 8.04. The van der Waals surface area contributed by atoms with Gasteiger partial charge in [0.2, 0.25) is 5.91 Å². The highest BCUT2D eigenvalue weighted by Crippen LogP contribution is 2.39. The first kappa shape index (κ1) is 18.4. The molecule has 1 saturated carbocycles. The number of amides is 1. The minimum atomic E-state index is -0.240. The molecule has 1 aliphatic carbocycles. The molecule has 0 unspecified atom stereocenters. The summed E-state index contributed by atoms with van der Waals surface area (Å²) in [5.74, 6) is 0.529. The normalized spacial score (nSPS) is 25.1. The number of rotatable bonds is 5. The molecule has 0 bridgehead atoms. The lowest BCUT2D eigenvalue weighted by molar-refractivity contribution is -0.128. The van der Waals surface area contributed by atoms with Gasteiger partial charge in [0.25, 0.3) is 0 Å². The Bertz CT molecular complexity index is 795. The Labute approximate surface area is 160 Å². The molecule has 0 spiro atoms. The maximum Gasteiger partial charge on any atom is 0.223 e. The number of carbonyl (C=O) groups excluding carboxylic acids is 1. The van der Waals surface area contributed by atoms with E-state index in [4.69, 9.17) is 0 Å². The van der Waals surface area contributed by atoms with Gasteiger partial charge in [0.05, 0.1) is 17.7 Å². The molecule has 1 saturated heterocycles. The second kappa shape index (κ2) is 7.95. The summed E-state index contributed by atoms with van der Waals surface area (Å²) in [6, 6.07) is 10.1. The molecule has 5 nitrogen and oxygen atoms in total. The highest BCUT2D eigenvalue weighted by molar-refractivity contribution is 5.81. The van der Waals surface area contributed by atoms with Crippen LogP contribution in [0.15, 0.2) is 36.5 Å². The molecular weight excluding hydrogens is 338 g/mol. The number of fused-ring (bicyclic) bond motifs is 1. The molecule has 2 aliphatic rings. The minimum Gasteiger partial charge on any atom is -0.393 e. The van der Waals surface area contributed by atoms with Crippen molar-refractivity contribution in [3.8, 4) is 0 Å². The summed E-state index contributed by atoms with van der Waals surface area (Å²) in [5.41, 5.74) is 2.01. The van der Waals surface area contributed by atoms with Gasteiger partial charge in [0.1, 0.15) is 0 Å². The van der Waals surface area contributed by atoms with Gasteiger partial charge in [-0.1, -0.05) is 25.1 Å². The highest BCUT2D eigenvalue weighted by atomic mass is 16.3. The van der Waals surface area contributed by atoms with Crippen molar-refractivity contribution in [2.75, 3.05) is 19.6 Å². The van der Waals surface area contributed by atoms with Crippen LogP contribution < -0.4 is 5.32 Å². The third-order valence-electron chi connectivity index (χ3n) is 6.30. The molecule has 4 rings (SSSR count). The van der Waals surface area contributed by atoms with Gasteiger partial charge in [-0.3, -0.25) is 9.78 Å². The third-order valence-corrected chi connectivity index (χ3v) is 6.30. The number of nitrogens with one attached hydrogen (secondary N) is 1. The lowest BCUT2D eigenvalue weighted by Crippen LogP contribution is -2.45.